The molecule has 94 heavy (non-hydrogen) atoms. The van der Waals surface area contributed by atoms with Crippen LogP contribution in [-0.4, -0.2) is 96.7 Å². The number of rotatable bonds is 68. The van der Waals surface area contributed by atoms with E-state index in [9.17, 15) is 43.2 Å². The zero-order valence-corrected chi connectivity index (χ0v) is 60.7. The van der Waals surface area contributed by atoms with E-state index in [1.54, 1.807) is 0 Å². The highest BCUT2D eigenvalue weighted by molar-refractivity contribution is 7.47. The minimum absolute atomic E-state index is 0.0804. The van der Waals surface area contributed by atoms with Gasteiger partial charge in [0.2, 0.25) is 0 Å². The van der Waals surface area contributed by atoms with E-state index in [0.717, 1.165) is 193 Å². The van der Waals surface area contributed by atoms with Gasteiger partial charge in [0, 0.05) is 25.7 Å². The zero-order chi connectivity index (χ0) is 69.0. The van der Waals surface area contributed by atoms with E-state index in [4.69, 9.17) is 37.0 Å². The lowest BCUT2D eigenvalue weighted by Gasteiger charge is -2.21. The molecule has 17 nitrogen and oxygen atoms in total. The molecule has 0 aromatic rings. The number of carbonyl (C=O) groups excluding carboxylic acids is 4. The van der Waals surface area contributed by atoms with Crippen molar-refractivity contribution in [2.45, 2.75) is 316 Å². The molecule has 0 aromatic heterocycles. The Morgan fingerprint density at radius 1 is 0.309 bits per heavy atom. The van der Waals surface area contributed by atoms with Crippen LogP contribution in [0.4, 0.5) is 0 Å². The predicted octanol–water partition coefficient (Wildman–Crippen LogP) is 20.4. The molecule has 0 aromatic carbocycles. The number of esters is 4. The number of unbranched alkanes of at least 4 members (excludes halogenated alkanes) is 26. The number of allylic oxidation sites excluding steroid dienone is 16. The Labute approximate surface area is 569 Å². The number of aliphatic hydroxyl groups excluding tert-OH is 1. The number of carbonyl (C=O) groups is 4. The Bertz CT molecular complexity index is 2170. The van der Waals surface area contributed by atoms with E-state index < -0.39 is 97.5 Å². The van der Waals surface area contributed by atoms with Gasteiger partial charge >= 0.3 is 39.5 Å². The SMILES string of the molecule is CC/C=C\C/C=C\C/C=C\CCCCCCCCCC(=O)OCC(COP(=O)(O)OCC(O)COP(=O)(O)OCC(COC(=O)CCCCCCC/C=C\C/C=C\C/C=C\CC)OC(=O)CCCCCCC/C=C\CCCC)OC(=O)CCCCCCC/C=C\CCCC. The highest BCUT2D eigenvalue weighted by atomic mass is 31.2. The van der Waals surface area contributed by atoms with Gasteiger partial charge in [-0.15, -0.1) is 0 Å². The summed E-state index contributed by atoms with van der Waals surface area (Å²) >= 11 is 0. The van der Waals surface area contributed by atoms with Gasteiger partial charge in [-0.3, -0.25) is 37.3 Å². The van der Waals surface area contributed by atoms with Crippen molar-refractivity contribution in [3.05, 3.63) is 97.2 Å². The molecule has 0 heterocycles. The Kier molecular flexibility index (Phi) is 64.7. The number of phosphoric ester groups is 2. The third-order valence-electron chi connectivity index (χ3n) is 15.0. The van der Waals surface area contributed by atoms with Gasteiger partial charge in [-0.25, -0.2) is 9.13 Å². The third-order valence-corrected chi connectivity index (χ3v) is 16.9. The number of hydrogen-bond acceptors (Lipinski definition) is 15. The van der Waals surface area contributed by atoms with E-state index in [1.807, 2.05) is 0 Å². The van der Waals surface area contributed by atoms with Crippen molar-refractivity contribution >= 4 is 39.5 Å². The van der Waals surface area contributed by atoms with Crippen molar-refractivity contribution in [3.8, 4) is 0 Å². The van der Waals surface area contributed by atoms with Crippen molar-refractivity contribution in [2.75, 3.05) is 39.6 Å². The molecule has 0 aliphatic carbocycles. The van der Waals surface area contributed by atoms with E-state index in [2.05, 4.69) is 125 Å². The fourth-order valence-corrected chi connectivity index (χ4v) is 11.0. The van der Waals surface area contributed by atoms with Crippen molar-refractivity contribution in [1.82, 2.24) is 0 Å². The van der Waals surface area contributed by atoms with Crippen LogP contribution in [0.25, 0.3) is 0 Å². The number of ether oxygens (including phenoxy) is 4. The minimum atomic E-state index is -4.97. The second-order valence-electron chi connectivity index (χ2n) is 24.1. The minimum Gasteiger partial charge on any atom is -0.462 e. The molecule has 19 heteroatoms. The van der Waals surface area contributed by atoms with Crippen LogP contribution in [0.2, 0.25) is 0 Å². The molecule has 0 bridgehead atoms. The largest absolute Gasteiger partial charge is 0.472 e. The maximum atomic E-state index is 13.0. The van der Waals surface area contributed by atoms with E-state index in [0.29, 0.717) is 25.7 Å². The average molecular weight is 1370 g/mol. The summed E-state index contributed by atoms with van der Waals surface area (Å²) in [5, 5.41) is 10.6. The maximum Gasteiger partial charge on any atom is 0.472 e. The first-order valence-electron chi connectivity index (χ1n) is 36.5. The highest BCUT2D eigenvalue weighted by Crippen LogP contribution is 2.45. The molecule has 3 N–H and O–H groups in total. The van der Waals surface area contributed by atoms with Gasteiger partial charge in [0.1, 0.15) is 19.3 Å². The Hall–Kier alpha value is -4.02. The molecule has 0 aliphatic heterocycles. The molecular weight excluding hydrogens is 1230 g/mol. The van der Waals surface area contributed by atoms with Crippen molar-refractivity contribution in [2.24, 2.45) is 0 Å². The normalized spacial score (nSPS) is 14.6. The number of phosphoric acid groups is 2. The van der Waals surface area contributed by atoms with Crippen LogP contribution in [0.15, 0.2) is 97.2 Å². The van der Waals surface area contributed by atoms with Gasteiger partial charge in [-0.05, 0) is 128 Å². The Morgan fingerprint density at radius 3 is 0.862 bits per heavy atom. The number of aliphatic hydroxyl groups is 1. The fraction of sp³-hybridized carbons (Fsp3) is 0.733. The average Bonchev–Trinajstić information content (AvgIpc) is 1.32. The first-order chi connectivity index (χ1) is 45.7. The predicted molar refractivity (Wildman–Crippen MR) is 381 cm³/mol. The lowest BCUT2D eigenvalue weighted by Crippen LogP contribution is -2.30. The van der Waals surface area contributed by atoms with Crippen molar-refractivity contribution in [3.63, 3.8) is 0 Å². The van der Waals surface area contributed by atoms with Crippen molar-refractivity contribution < 1.29 is 80.2 Å². The van der Waals surface area contributed by atoms with Crippen LogP contribution in [0, 0.1) is 0 Å². The van der Waals surface area contributed by atoms with Gasteiger partial charge in [0.15, 0.2) is 12.2 Å². The first-order valence-corrected chi connectivity index (χ1v) is 39.5. The highest BCUT2D eigenvalue weighted by Gasteiger charge is 2.30. The van der Waals surface area contributed by atoms with Gasteiger partial charge in [-0.2, -0.15) is 0 Å². The van der Waals surface area contributed by atoms with Crippen molar-refractivity contribution in [1.29, 1.82) is 0 Å². The summed E-state index contributed by atoms with van der Waals surface area (Å²) in [5.74, 6) is -2.22. The van der Waals surface area contributed by atoms with Crippen LogP contribution in [0.5, 0.6) is 0 Å². The molecule has 5 atom stereocenters. The Balaban J connectivity index is 5.30. The lowest BCUT2D eigenvalue weighted by atomic mass is 10.1. The second kappa shape index (κ2) is 67.5. The summed E-state index contributed by atoms with van der Waals surface area (Å²) in [5.41, 5.74) is 0. The molecule has 542 valence electrons. The molecule has 0 amide bonds. The number of hydrogen-bond donors (Lipinski definition) is 3. The molecular formula is C75H130O17P2. The summed E-state index contributed by atoms with van der Waals surface area (Å²) in [6, 6.07) is 0. The smallest absolute Gasteiger partial charge is 0.462 e. The molecule has 0 rings (SSSR count). The van der Waals surface area contributed by atoms with Gasteiger partial charge < -0.3 is 33.8 Å². The fourth-order valence-electron chi connectivity index (χ4n) is 9.45. The maximum absolute atomic E-state index is 13.0. The molecule has 0 radical (unpaired) electrons. The zero-order valence-electron chi connectivity index (χ0n) is 58.9. The quantitative estimate of drug-likeness (QED) is 0.0169. The second-order valence-corrected chi connectivity index (χ2v) is 27.0. The van der Waals surface area contributed by atoms with E-state index >= 15 is 0 Å². The monoisotopic (exact) mass is 1360 g/mol. The van der Waals surface area contributed by atoms with E-state index in [1.165, 1.54) is 25.7 Å². The standard InChI is InChI=1S/C75H130O17P2/c1-5-9-13-17-21-25-29-31-33-34-36-38-42-44-48-52-56-60-73(78)86-66-71(92-75(80)62-58-54-50-46-40-28-24-20-16-12-8-4)68-90-94(83,84)88-64-69(76)63-87-93(81,82)89-67-70(91-74(79)61-57-53-49-45-39-27-23-19-15-11-7-3)65-85-72(77)59-55-51-47-43-41-37-35-32-30-26-22-18-14-10-6-2/h9-10,13-14,19-26,31-33,35,69-71,76H,5-8,11-12,15-18,27-30,34,36-68H2,1-4H3,(H,81,82)(H,83,84)/b13-9-,14-10-,23-19-,24-20-,25-21-,26-22-,33-31-,35-32-. The van der Waals surface area contributed by atoms with Gasteiger partial charge in [0.05, 0.1) is 26.4 Å². The molecule has 5 unspecified atom stereocenters. The topological polar surface area (TPSA) is 237 Å². The summed E-state index contributed by atoms with van der Waals surface area (Å²) in [7, 11) is -9.94. The van der Waals surface area contributed by atoms with Crippen LogP contribution in [0.3, 0.4) is 0 Å². The Morgan fingerprint density at radius 2 is 0.553 bits per heavy atom. The summed E-state index contributed by atoms with van der Waals surface area (Å²) in [4.78, 5) is 72.6. The molecule has 0 saturated carbocycles. The van der Waals surface area contributed by atoms with Crippen LogP contribution in [-0.2, 0) is 65.4 Å². The van der Waals surface area contributed by atoms with Gasteiger partial charge in [0.25, 0.3) is 0 Å². The summed E-state index contributed by atoms with van der Waals surface area (Å²) in [6.45, 7) is 4.52. The first kappa shape index (κ1) is 90.0. The lowest BCUT2D eigenvalue weighted by molar-refractivity contribution is -0.161. The van der Waals surface area contributed by atoms with E-state index in [-0.39, 0.29) is 25.7 Å². The molecule has 0 spiro atoms. The van der Waals surface area contributed by atoms with Gasteiger partial charge in [-0.1, -0.05) is 240 Å². The molecule has 0 fully saturated rings. The van der Waals surface area contributed by atoms with Crippen LogP contribution in [0.1, 0.15) is 297 Å². The van der Waals surface area contributed by atoms with Crippen LogP contribution >= 0.6 is 15.6 Å². The third kappa shape index (κ3) is 66.6. The molecule has 0 aliphatic rings. The van der Waals surface area contributed by atoms with Crippen LogP contribution < -0.4 is 0 Å². The summed E-state index contributed by atoms with van der Waals surface area (Å²) < 4.78 is 68.3. The summed E-state index contributed by atoms with van der Waals surface area (Å²) in [6.07, 6.45) is 68.5. The molecule has 0 saturated heterocycles.